The van der Waals surface area contributed by atoms with E-state index in [2.05, 4.69) is 11.8 Å². The van der Waals surface area contributed by atoms with Crippen LogP contribution < -0.4 is 5.73 Å². The highest BCUT2D eigenvalue weighted by atomic mass is 35.5. The van der Waals surface area contributed by atoms with Crippen molar-refractivity contribution in [1.29, 1.82) is 0 Å². The van der Waals surface area contributed by atoms with Crippen LogP contribution in [0.4, 0.5) is 0 Å². The number of hydrogen-bond donors (Lipinski definition) is 1. The minimum Gasteiger partial charge on any atom is -0.380 e. The third-order valence-corrected chi connectivity index (χ3v) is 3.50. The Labute approximate surface area is 122 Å². The quantitative estimate of drug-likeness (QED) is 0.733. The van der Waals surface area contributed by atoms with Crippen LogP contribution in [0.25, 0.3) is 0 Å². The van der Waals surface area contributed by atoms with Crippen LogP contribution in [0, 0.1) is 0 Å². The first-order valence-corrected chi connectivity index (χ1v) is 6.96. The fourth-order valence-electron chi connectivity index (χ4n) is 2.39. The molecule has 1 amide bonds. The van der Waals surface area contributed by atoms with Gasteiger partial charge >= 0.3 is 0 Å². The second-order valence-electron chi connectivity index (χ2n) is 4.87. The Balaban J connectivity index is 0.00000324. The van der Waals surface area contributed by atoms with Crippen molar-refractivity contribution in [1.82, 2.24) is 9.80 Å². The van der Waals surface area contributed by atoms with E-state index in [4.69, 9.17) is 10.5 Å². The molecule has 2 atom stereocenters. The molecule has 1 saturated heterocycles. The van der Waals surface area contributed by atoms with Gasteiger partial charge in [-0.25, -0.2) is 0 Å². The average molecular weight is 294 g/mol. The smallest absolute Gasteiger partial charge is 0.239 e. The predicted octanol–water partition coefficient (Wildman–Crippen LogP) is 0.715. The minimum atomic E-state index is -0.391. The third-order valence-electron chi connectivity index (χ3n) is 3.50. The van der Waals surface area contributed by atoms with E-state index in [0.29, 0.717) is 6.04 Å². The zero-order valence-electron chi connectivity index (χ0n) is 12.3. The Morgan fingerprint density at radius 1 is 1.42 bits per heavy atom. The van der Waals surface area contributed by atoms with E-state index in [1.807, 2.05) is 11.8 Å². The molecule has 2 unspecified atom stereocenters. The number of halogens is 1. The van der Waals surface area contributed by atoms with Crippen molar-refractivity contribution in [3.63, 3.8) is 0 Å². The second-order valence-corrected chi connectivity index (χ2v) is 4.87. The van der Waals surface area contributed by atoms with Gasteiger partial charge in [0, 0.05) is 38.8 Å². The van der Waals surface area contributed by atoms with E-state index >= 15 is 0 Å². The molecule has 1 rings (SSSR count). The molecule has 0 saturated carbocycles. The summed E-state index contributed by atoms with van der Waals surface area (Å²) in [6.07, 6.45) is 1.05. The topological polar surface area (TPSA) is 58.8 Å². The van der Waals surface area contributed by atoms with Crippen LogP contribution in [0.1, 0.15) is 27.2 Å². The highest BCUT2D eigenvalue weighted by Gasteiger charge is 2.29. The largest absolute Gasteiger partial charge is 0.380 e. The fourth-order valence-corrected chi connectivity index (χ4v) is 2.39. The number of carbonyl (C=O) groups is 1. The van der Waals surface area contributed by atoms with Gasteiger partial charge in [-0.15, -0.1) is 12.4 Å². The third kappa shape index (κ3) is 5.65. The molecule has 0 radical (unpaired) electrons. The zero-order chi connectivity index (χ0) is 13.5. The zero-order valence-corrected chi connectivity index (χ0v) is 13.1. The molecule has 1 heterocycles. The van der Waals surface area contributed by atoms with Crippen molar-refractivity contribution < 1.29 is 9.53 Å². The van der Waals surface area contributed by atoms with Gasteiger partial charge in [-0.1, -0.05) is 6.92 Å². The summed E-state index contributed by atoms with van der Waals surface area (Å²) < 4.78 is 5.40. The molecule has 0 aromatic heterocycles. The lowest BCUT2D eigenvalue weighted by atomic mass is 10.1. The standard InChI is InChI=1S/C13H27N3O2.ClH/c1-4-12-10-16(13(17)11(3)14)7-6-15(12)8-9-18-5-2;/h11-12H,4-10,14H2,1-3H3;1H. The van der Waals surface area contributed by atoms with E-state index in [1.165, 1.54) is 0 Å². The monoisotopic (exact) mass is 293 g/mol. The molecule has 19 heavy (non-hydrogen) atoms. The van der Waals surface area contributed by atoms with Crippen molar-refractivity contribution in [2.45, 2.75) is 39.3 Å². The summed E-state index contributed by atoms with van der Waals surface area (Å²) in [5.74, 6) is 0.0675. The van der Waals surface area contributed by atoms with Gasteiger partial charge in [-0.2, -0.15) is 0 Å². The van der Waals surface area contributed by atoms with Crippen molar-refractivity contribution in [2.75, 3.05) is 39.4 Å². The lowest BCUT2D eigenvalue weighted by Gasteiger charge is -2.41. The van der Waals surface area contributed by atoms with Crippen molar-refractivity contribution in [2.24, 2.45) is 5.73 Å². The molecule has 0 bridgehead atoms. The molecule has 0 aromatic carbocycles. The first-order valence-electron chi connectivity index (χ1n) is 6.96. The molecule has 1 fully saturated rings. The Kier molecular flexibility index (Phi) is 9.35. The normalized spacial score (nSPS) is 21.9. The second kappa shape index (κ2) is 9.53. The molecule has 2 N–H and O–H groups in total. The molecule has 0 aliphatic carbocycles. The highest BCUT2D eigenvalue weighted by molar-refractivity contribution is 5.85. The van der Waals surface area contributed by atoms with Gasteiger partial charge in [-0.3, -0.25) is 9.69 Å². The summed E-state index contributed by atoms with van der Waals surface area (Å²) in [4.78, 5) is 16.2. The Morgan fingerprint density at radius 3 is 2.63 bits per heavy atom. The first kappa shape index (κ1) is 18.6. The molecule has 1 aliphatic rings. The van der Waals surface area contributed by atoms with Crippen LogP contribution in [-0.4, -0.2) is 67.2 Å². The number of hydrogen-bond acceptors (Lipinski definition) is 4. The molecule has 5 nitrogen and oxygen atoms in total. The molecule has 1 aliphatic heterocycles. The number of carbonyl (C=O) groups excluding carboxylic acids is 1. The summed E-state index contributed by atoms with van der Waals surface area (Å²) in [6, 6.07) is 0.0411. The fraction of sp³-hybridized carbons (Fsp3) is 0.923. The summed E-state index contributed by atoms with van der Waals surface area (Å²) in [6.45, 7) is 10.9. The van der Waals surface area contributed by atoms with Crippen molar-refractivity contribution in [3.05, 3.63) is 0 Å². The molecular formula is C13H28ClN3O2. The maximum Gasteiger partial charge on any atom is 0.239 e. The van der Waals surface area contributed by atoms with E-state index in [0.717, 1.165) is 45.8 Å². The van der Waals surface area contributed by atoms with Crippen LogP contribution in [-0.2, 0) is 9.53 Å². The molecule has 0 aromatic rings. The van der Waals surface area contributed by atoms with Gasteiger partial charge in [0.2, 0.25) is 5.91 Å². The van der Waals surface area contributed by atoms with Gasteiger partial charge in [0.15, 0.2) is 0 Å². The molecule has 114 valence electrons. The lowest BCUT2D eigenvalue weighted by Crippen LogP contribution is -2.57. The lowest BCUT2D eigenvalue weighted by molar-refractivity contribution is -0.135. The summed E-state index contributed by atoms with van der Waals surface area (Å²) in [5.41, 5.74) is 5.66. The van der Waals surface area contributed by atoms with E-state index in [1.54, 1.807) is 6.92 Å². The van der Waals surface area contributed by atoms with Crippen LogP contribution >= 0.6 is 12.4 Å². The van der Waals surface area contributed by atoms with Crippen LogP contribution in [0.15, 0.2) is 0 Å². The van der Waals surface area contributed by atoms with Gasteiger partial charge < -0.3 is 15.4 Å². The predicted molar refractivity (Wildman–Crippen MR) is 79.6 cm³/mol. The Bertz CT molecular complexity index is 264. The van der Waals surface area contributed by atoms with E-state index < -0.39 is 6.04 Å². The van der Waals surface area contributed by atoms with Crippen LogP contribution in [0.5, 0.6) is 0 Å². The highest BCUT2D eigenvalue weighted by Crippen LogP contribution is 2.13. The number of amides is 1. The Hall–Kier alpha value is -0.360. The van der Waals surface area contributed by atoms with Gasteiger partial charge in [-0.05, 0) is 20.3 Å². The van der Waals surface area contributed by atoms with E-state index in [9.17, 15) is 4.79 Å². The number of nitrogens with zero attached hydrogens (tertiary/aromatic N) is 2. The minimum absolute atomic E-state index is 0. The van der Waals surface area contributed by atoms with Crippen LogP contribution in [0.3, 0.4) is 0 Å². The first-order chi connectivity index (χ1) is 8.60. The number of nitrogens with two attached hydrogens (primary N) is 1. The maximum atomic E-state index is 11.9. The van der Waals surface area contributed by atoms with E-state index in [-0.39, 0.29) is 18.3 Å². The average Bonchev–Trinajstić information content (AvgIpc) is 2.38. The SMILES string of the molecule is CCOCCN1CCN(C(=O)C(C)N)CC1CC.Cl. The van der Waals surface area contributed by atoms with Crippen molar-refractivity contribution >= 4 is 18.3 Å². The molecule has 6 heteroatoms. The summed E-state index contributed by atoms with van der Waals surface area (Å²) in [5, 5.41) is 0. The Morgan fingerprint density at radius 2 is 2.11 bits per heavy atom. The maximum absolute atomic E-state index is 11.9. The number of rotatable bonds is 6. The van der Waals surface area contributed by atoms with Gasteiger partial charge in [0.1, 0.15) is 0 Å². The summed E-state index contributed by atoms with van der Waals surface area (Å²) >= 11 is 0. The number of ether oxygens (including phenoxy) is 1. The van der Waals surface area contributed by atoms with Crippen LogP contribution in [0.2, 0.25) is 0 Å². The molecular weight excluding hydrogens is 266 g/mol. The molecule has 0 spiro atoms. The van der Waals surface area contributed by atoms with Gasteiger partial charge in [0.05, 0.1) is 12.6 Å². The van der Waals surface area contributed by atoms with Gasteiger partial charge in [0.25, 0.3) is 0 Å². The number of piperazine rings is 1. The summed E-state index contributed by atoms with van der Waals surface area (Å²) in [7, 11) is 0. The van der Waals surface area contributed by atoms with Crippen molar-refractivity contribution in [3.8, 4) is 0 Å².